The van der Waals surface area contributed by atoms with Crippen LogP contribution in [0.3, 0.4) is 0 Å². The highest BCUT2D eigenvalue weighted by atomic mass is 32.2. The van der Waals surface area contributed by atoms with Gasteiger partial charge < -0.3 is 30.0 Å². The number of aliphatic hydroxyl groups excluding tert-OH is 1. The Bertz CT molecular complexity index is 1140. The van der Waals surface area contributed by atoms with Crippen molar-refractivity contribution in [3.63, 3.8) is 0 Å². The third kappa shape index (κ3) is 7.49. The molecule has 4 rings (SSSR count). The maximum Gasteiger partial charge on any atom is 0.315 e. The molecular formula is C29H34N2O5S. The molecule has 0 bridgehead atoms. The lowest BCUT2D eigenvalue weighted by molar-refractivity contribution is -0.245. The molecular weight excluding hydrogens is 488 g/mol. The van der Waals surface area contributed by atoms with Crippen molar-refractivity contribution in [1.82, 2.24) is 10.6 Å². The van der Waals surface area contributed by atoms with Gasteiger partial charge >= 0.3 is 6.03 Å². The average molecular weight is 523 g/mol. The Kier molecular flexibility index (Phi) is 9.85. The van der Waals surface area contributed by atoms with Crippen molar-refractivity contribution < 1.29 is 24.1 Å². The monoisotopic (exact) mass is 522 g/mol. The molecule has 3 aromatic rings. The van der Waals surface area contributed by atoms with Gasteiger partial charge in [0.05, 0.1) is 25.9 Å². The number of hydrogen-bond donors (Lipinski definition) is 3. The lowest BCUT2D eigenvalue weighted by Gasteiger charge is -2.36. The van der Waals surface area contributed by atoms with Gasteiger partial charge in [0.25, 0.3) is 0 Å². The van der Waals surface area contributed by atoms with Crippen molar-refractivity contribution in [2.24, 2.45) is 0 Å². The zero-order valence-electron chi connectivity index (χ0n) is 21.2. The van der Waals surface area contributed by atoms with Gasteiger partial charge in [0, 0.05) is 35.7 Å². The number of ether oxygens (including phenoxy) is 3. The molecule has 7 nitrogen and oxygen atoms in total. The summed E-state index contributed by atoms with van der Waals surface area (Å²) in [5, 5.41) is 15.0. The Labute approximate surface area is 222 Å². The van der Waals surface area contributed by atoms with Gasteiger partial charge in [0.15, 0.2) is 6.29 Å². The fourth-order valence-electron chi connectivity index (χ4n) is 4.14. The standard InChI is InChI=1S/C29H34N2O5S/c1-3-30-29(33)31-17-20-8-14-23(15-9-20)28-35-24(19-37-27-7-5-4-6-25(27)34-2)16-26(36-28)22-12-10-21(18-32)11-13-22/h4-15,24,26,28,32H,3,16-19H2,1-2H3,(H2,30,31,33). The highest BCUT2D eigenvalue weighted by molar-refractivity contribution is 7.99. The molecule has 37 heavy (non-hydrogen) atoms. The molecule has 1 saturated heterocycles. The zero-order valence-corrected chi connectivity index (χ0v) is 22.0. The van der Waals surface area contributed by atoms with E-state index in [1.807, 2.05) is 73.7 Å². The molecule has 0 aliphatic carbocycles. The summed E-state index contributed by atoms with van der Waals surface area (Å²) in [6.07, 6.45) is 0.000105. The number of para-hydroxylation sites is 1. The molecule has 2 amide bonds. The van der Waals surface area contributed by atoms with Crippen LogP contribution in [0.4, 0.5) is 4.79 Å². The summed E-state index contributed by atoms with van der Waals surface area (Å²) in [6, 6.07) is 23.6. The number of methoxy groups -OCH3 is 1. The van der Waals surface area contributed by atoms with Crippen molar-refractivity contribution in [2.45, 2.75) is 49.9 Å². The van der Waals surface area contributed by atoms with Gasteiger partial charge in [-0.2, -0.15) is 0 Å². The summed E-state index contributed by atoms with van der Waals surface area (Å²) in [4.78, 5) is 12.8. The van der Waals surface area contributed by atoms with Crippen molar-refractivity contribution in [3.05, 3.63) is 95.1 Å². The largest absolute Gasteiger partial charge is 0.496 e. The number of amides is 2. The average Bonchev–Trinajstić information content (AvgIpc) is 2.95. The van der Waals surface area contributed by atoms with Gasteiger partial charge in [-0.1, -0.05) is 60.7 Å². The van der Waals surface area contributed by atoms with Crippen LogP contribution < -0.4 is 15.4 Å². The van der Waals surface area contributed by atoms with E-state index in [9.17, 15) is 9.90 Å². The van der Waals surface area contributed by atoms with Gasteiger partial charge in [0.1, 0.15) is 5.75 Å². The number of thioether (sulfide) groups is 1. The number of rotatable bonds is 10. The fraction of sp³-hybridized carbons (Fsp3) is 0.345. The Balaban J connectivity index is 1.48. The van der Waals surface area contributed by atoms with Gasteiger partial charge in [0.2, 0.25) is 0 Å². The Morgan fingerprint density at radius 1 is 0.973 bits per heavy atom. The van der Waals surface area contributed by atoms with E-state index in [1.165, 1.54) is 0 Å². The van der Waals surface area contributed by atoms with Crippen LogP contribution in [-0.2, 0) is 22.6 Å². The first-order chi connectivity index (χ1) is 18.1. The minimum absolute atomic E-state index is 0.0109. The molecule has 3 aromatic carbocycles. The number of carbonyl (C=O) groups excluding carboxylic acids is 1. The molecule has 0 saturated carbocycles. The van der Waals surface area contributed by atoms with Crippen molar-refractivity contribution in [1.29, 1.82) is 0 Å². The van der Waals surface area contributed by atoms with E-state index in [2.05, 4.69) is 16.7 Å². The van der Waals surface area contributed by atoms with Crippen LogP contribution in [0, 0.1) is 0 Å². The first kappa shape index (κ1) is 27.0. The second-order valence-electron chi connectivity index (χ2n) is 8.77. The van der Waals surface area contributed by atoms with Crippen molar-refractivity contribution in [2.75, 3.05) is 19.4 Å². The summed E-state index contributed by atoms with van der Waals surface area (Å²) in [6.45, 7) is 2.92. The summed E-state index contributed by atoms with van der Waals surface area (Å²) >= 11 is 1.71. The van der Waals surface area contributed by atoms with E-state index in [-0.39, 0.29) is 24.8 Å². The molecule has 0 radical (unpaired) electrons. The van der Waals surface area contributed by atoms with Crippen LogP contribution in [0.1, 0.15) is 48.0 Å². The summed E-state index contributed by atoms with van der Waals surface area (Å²) in [5.41, 5.74) is 3.84. The predicted molar refractivity (Wildman–Crippen MR) is 144 cm³/mol. The van der Waals surface area contributed by atoms with Crippen LogP contribution in [0.2, 0.25) is 0 Å². The fourth-order valence-corrected chi connectivity index (χ4v) is 5.19. The van der Waals surface area contributed by atoms with Crippen LogP contribution in [0.25, 0.3) is 0 Å². The van der Waals surface area contributed by atoms with Crippen LogP contribution in [0.15, 0.2) is 77.7 Å². The van der Waals surface area contributed by atoms with E-state index >= 15 is 0 Å². The molecule has 0 spiro atoms. The summed E-state index contributed by atoms with van der Waals surface area (Å²) < 4.78 is 18.4. The van der Waals surface area contributed by atoms with E-state index in [4.69, 9.17) is 14.2 Å². The lowest BCUT2D eigenvalue weighted by atomic mass is 10.0. The third-order valence-corrected chi connectivity index (χ3v) is 7.34. The molecule has 1 heterocycles. The highest BCUT2D eigenvalue weighted by Crippen LogP contribution is 2.40. The molecule has 3 N–H and O–H groups in total. The summed E-state index contributed by atoms with van der Waals surface area (Å²) in [5.74, 6) is 1.60. The minimum Gasteiger partial charge on any atom is -0.496 e. The van der Waals surface area contributed by atoms with Crippen molar-refractivity contribution in [3.8, 4) is 5.75 Å². The number of benzene rings is 3. The molecule has 3 atom stereocenters. The molecule has 196 valence electrons. The predicted octanol–water partition coefficient (Wildman–Crippen LogP) is 5.34. The van der Waals surface area contributed by atoms with E-state index in [0.717, 1.165) is 38.7 Å². The molecule has 1 fully saturated rings. The normalized spacial score (nSPS) is 19.3. The number of aliphatic hydroxyl groups is 1. The number of carbonyl (C=O) groups is 1. The first-order valence-electron chi connectivity index (χ1n) is 12.5. The van der Waals surface area contributed by atoms with Crippen LogP contribution in [0.5, 0.6) is 5.75 Å². The maximum atomic E-state index is 11.7. The zero-order chi connectivity index (χ0) is 26.0. The Morgan fingerprint density at radius 2 is 1.68 bits per heavy atom. The Morgan fingerprint density at radius 3 is 2.38 bits per heavy atom. The molecule has 1 aliphatic rings. The third-order valence-electron chi connectivity index (χ3n) is 6.15. The molecule has 1 aliphatic heterocycles. The van der Waals surface area contributed by atoms with E-state index < -0.39 is 6.29 Å². The highest BCUT2D eigenvalue weighted by Gasteiger charge is 2.32. The topological polar surface area (TPSA) is 89.1 Å². The van der Waals surface area contributed by atoms with Gasteiger partial charge in [-0.15, -0.1) is 11.8 Å². The second kappa shape index (κ2) is 13.5. The van der Waals surface area contributed by atoms with E-state index in [0.29, 0.717) is 19.5 Å². The van der Waals surface area contributed by atoms with Gasteiger partial charge in [-0.25, -0.2) is 4.79 Å². The van der Waals surface area contributed by atoms with Crippen molar-refractivity contribution >= 4 is 17.8 Å². The summed E-state index contributed by atoms with van der Waals surface area (Å²) in [7, 11) is 1.68. The number of hydrogen-bond acceptors (Lipinski definition) is 6. The Hall–Kier alpha value is -3.04. The quantitative estimate of drug-likeness (QED) is 0.311. The molecule has 3 unspecified atom stereocenters. The smallest absolute Gasteiger partial charge is 0.315 e. The van der Waals surface area contributed by atoms with Crippen LogP contribution >= 0.6 is 11.8 Å². The van der Waals surface area contributed by atoms with Gasteiger partial charge in [-0.05, 0) is 35.7 Å². The second-order valence-corrected chi connectivity index (χ2v) is 9.83. The van der Waals surface area contributed by atoms with Gasteiger partial charge in [-0.3, -0.25) is 0 Å². The maximum absolute atomic E-state index is 11.7. The minimum atomic E-state index is -0.523. The number of urea groups is 1. The molecule has 0 aromatic heterocycles. The van der Waals surface area contributed by atoms with Crippen LogP contribution in [-0.4, -0.2) is 36.6 Å². The number of nitrogens with one attached hydrogen (secondary N) is 2. The molecule has 8 heteroatoms. The SMILES string of the molecule is CCNC(=O)NCc1ccc(C2OC(CSc3ccccc3OC)CC(c3ccc(CO)cc3)O2)cc1. The van der Waals surface area contributed by atoms with E-state index in [1.54, 1.807) is 18.9 Å². The first-order valence-corrected chi connectivity index (χ1v) is 13.4. The lowest BCUT2D eigenvalue weighted by Crippen LogP contribution is -2.34.